The van der Waals surface area contributed by atoms with Crippen molar-refractivity contribution in [2.75, 3.05) is 33.7 Å². The second kappa shape index (κ2) is 15.0. The van der Waals surface area contributed by atoms with Crippen LogP contribution in [0.5, 0.6) is 0 Å². The fourth-order valence-electron chi connectivity index (χ4n) is 13.6. The SMILES string of the molecule is CC(C)C1=C2[C@H]3CC[C@@H]4C5(C)CC[C@H](OC(=O)CC(C)(C)C(=O)O)C(C)(C)[C@@H]5CC[C@@]4(C)[C@]3(C)CC[C@@]2(CCN(CCN(C)C)Cc2ccncc2)CC1=O. The second-order valence-electron chi connectivity index (χ2n) is 21.4. The number of fused-ring (bicyclic) bond motifs is 7. The van der Waals surface area contributed by atoms with Crippen LogP contribution >= 0.6 is 0 Å². The summed E-state index contributed by atoms with van der Waals surface area (Å²) in [7, 11) is 4.29. The van der Waals surface area contributed by atoms with Crippen molar-refractivity contribution in [2.45, 2.75) is 146 Å². The van der Waals surface area contributed by atoms with Gasteiger partial charge in [0.05, 0.1) is 11.8 Å². The number of nitrogens with zero attached hydrogens (tertiary/aromatic N) is 3. The van der Waals surface area contributed by atoms with Gasteiger partial charge >= 0.3 is 11.9 Å². The predicted octanol–water partition coefficient (Wildman–Crippen LogP) is 9.23. The largest absolute Gasteiger partial charge is 0.481 e. The van der Waals surface area contributed by atoms with E-state index in [2.05, 4.69) is 89.5 Å². The minimum absolute atomic E-state index is 0.0566. The molecule has 0 saturated heterocycles. The van der Waals surface area contributed by atoms with E-state index in [1.165, 1.54) is 24.0 Å². The number of ether oxygens (including phenoxy) is 1. The first-order valence-electron chi connectivity index (χ1n) is 21.6. The van der Waals surface area contributed by atoms with Gasteiger partial charge in [0.15, 0.2) is 5.78 Å². The van der Waals surface area contributed by atoms with Gasteiger partial charge in [-0.1, -0.05) is 54.0 Å². The van der Waals surface area contributed by atoms with Crippen molar-refractivity contribution in [3.05, 3.63) is 41.2 Å². The van der Waals surface area contributed by atoms with Crippen LogP contribution < -0.4 is 0 Å². The third-order valence-electron chi connectivity index (χ3n) is 16.9. The number of Topliss-reactive ketones (excluding diaryl/α,β-unsaturated/α-hetero) is 1. The van der Waals surface area contributed by atoms with Crippen LogP contribution in [0.2, 0.25) is 0 Å². The zero-order valence-electron chi connectivity index (χ0n) is 36.2. The Balaban J connectivity index is 1.26. The first kappa shape index (κ1) is 42.0. The molecule has 4 saturated carbocycles. The number of carbonyl (C=O) groups excluding carboxylic acids is 2. The molecule has 1 aromatic heterocycles. The van der Waals surface area contributed by atoms with E-state index in [-0.39, 0.29) is 45.5 Å². The summed E-state index contributed by atoms with van der Waals surface area (Å²) in [5.74, 6) is 0.650. The van der Waals surface area contributed by atoms with Gasteiger partial charge in [0.1, 0.15) is 6.10 Å². The number of likely N-dealkylation sites (N-methyl/N-ethyl adjacent to an activating group) is 1. The van der Waals surface area contributed by atoms with E-state index in [0.717, 1.165) is 71.1 Å². The number of ketones is 1. The molecule has 8 nitrogen and oxygen atoms in total. The van der Waals surface area contributed by atoms with E-state index in [1.54, 1.807) is 19.4 Å². The normalized spacial score (nSPS) is 35.7. The highest BCUT2D eigenvalue weighted by atomic mass is 16.5. The maximum absolute atomic E-state index is 14.3. The average molecular weight is 760 g/mol. The first-order valence-corrected chi connectivity index (χ1v) is 21.6. The summed E-state index contributed by atoms with van der Waals surface area (Å²) < 4.78 is 6.21. The van der Waals surface area contributed by atoms with Gasteiger partial charge in [-0.05, 0) is 155 Å². The van der Waals surface area contributed by atoms with E-state index in [0.29, 0.717) is 30.0 Å². The molecule has 8 atom stereocenters. The molecule has 0 bridgehead atoms. The summed E-state index contributed by atoms with van der Waals surface area (Å²) >= 11 is 0. The zero-order chi connectivity index (χ0) is 40.4. The average Bonchev–Trinajstić information content (AvgIpc) is 3.40. The van der Waals surface area contributed by atoms with Crippen LogP contribution in [0.15, 0.2) is 35.7 Å². The van der Waals surface area contributed by atoms with Crippen LogP contribution in [-0.4, -0.2) is 77.4 Å². The van der Waals surface area contributed by atoms with Gasteiger partial charge in [-0.15, -0.1) is 0 Å². The highest BCUT2D eigenvalue weighted by Gasteiger charge is 2.70. The van der Waals surface area contributed by atoms with Crippen molar-refractivity contribution in [1.29, 1.82) is 0 Å². The third kappa shape index (κ3) is 7.27. The van der Waals surface area contributed by atoms with Crippen LogP contribution in [0, 0.1) is 56.2 Å². The summed E-state index contributed by atoms with van der Waals surface area (Å²) in [5, 5.41) is 9.65. The number of rotatable bonds is 13. The Morgan fingerprint density at radius 3 is 2.24 bits per heavy atom. The topological polar surface area (TPSA) is 100 Å². The van der Waals surface area contributed by atoms with E-state index in [1.807, 2.05) is 12.4 Å². The number of carbonyl (C=O) groups is 3. The van der Waals surface area contributed by atoms with Gasteiger partial charge in [-0.2, -0.15) is 0 Å². The van der Waals surface area contributed by atoms with Crippen LogP contribution in [0.1, 0.15) is 139 Å². The van der Waals surface area contributed by atoms with Crippen molar-refractivity contribution in [2.24, 2.45) is 56.2 Å². The van der Waals surface area contributed by atoms with Crippen molar-refractivity contribution >= 4 is 17.7 Å². The number of aliphatic carboxylic acids is 1. The number of carboxylic acids is 1. The fourth-order valence-corrected chi connectivity index (χ4v) is 13.6. The van der Waals surface area contributed by atoms with Crippen LogP contribution in [0.25, 0.3) is 0 Å². The Bertz CT molecular complexity index is 1650. The number of esters is 1. The predicted molar refractivity (Wildman–Crippen MR) is 218 cm³/mol. The molecule has 0 spiro atoms. The second-order valence-corrected chi connectivity index (χ2v) is 21.4. The maximum atomic E-state index is 14.3. The van der Waals surface area contributed by atoms with Crippen molar-refractivity contribution in [3.8, 4) is 0 Å². The molecular weight excluding hydrogens is 687 g/mol. The van der Waals surface area contributed by atoms with Gasteiger partial charge in [0, 0.05) is 49.3 Å². The molecule has 0 aromatic carbocycles. The molecule has 0 amide bonds. The highest BCUT2D eigenvalue weighted by Crippen LogP contribution is 2.77. The Morgan fingerprint density at radius 2 is 1.60 bits per heavy atom. The summed E-state index contributed by atoms with van der Waals surface area (Å²) in [4.78, 5) is 48.3. The van der Waals surface area contributed by atoms with Gasteiger partial charge in [0.2, 0.25) is 0 Å². The number of hydrogen-bond donors (Lipinski definition) is 1. The molecule has 1 N–H and O–H groups in total. The van der Waals surface area contributed by atoms with Gasteiger partial charge < -0.3 is 14.7 Å². The molecule has 1 heterocycles. The summed E-state index contributed by atoms with van der Waals surface area (Å²) in [6.45, 7) is 24.0. The Hall–Kier alpha value is -2.58. The van der Waals surface area contributed by atoms with E-state index in [4.69, 9.17) is 4.74 Å². The lowest BCUT2D eigenvalue weighted by atomic mass is 9.33. The summed E-state index contributed by atoms with van der Waals surface area (Å²) in [6.07, 6.45) is 13.8. The standard InChI is InChI=1S/C47H73N3O5/c1-31(2)39-34(51)28-47(22-25-50(27-26-49(10)11)30-32-16-23-48-24-17-32)21-20-45(8)33(40(39)47)12-13-36-44(7)18-15-37(55-38(52)29-42(3,4)41(53)54)43(5,6)35(44)14-19-46(36,45)9/h16-17,23-24,31,33,35-37H,12-15,18-22,25-30H2,1-11H3,(H,53,54)/t33-,35+,36-,37+,44?,45-,46-,47-/m1/s1. The molecule has 0 aliphatic heterocycles. The quantitative estimate of drug-likeness (QED) is 0.199. The minimum atomic E-state index is -1.15. The van der Waals surface area contributed by atoms with E-state index >= 15 is 0 Å². The van der Waals surface area contributed by atoms with Crippen LogP contribution in [-0.2, 0) is 25.7 Å². The molecule has 4 fully saturated rings. The van der Waals surface area contributed by atoms with Crippen molar-refractivity contribution < 1.29 is 24.2 Å². The Morgan fingerprint density at radius 1 is 0.909 bits per heavy atom. The number of pyridine rings is 1. The molecule has 5 aliphatic carbocycles. The number of hydrogen-bond acceptors (Lipinski definition) is 7. The molecule has 5 aliphatic rings. The smallest absolute Gasteiger partial charge is 0.309 e. The molecule has 1 unspecified atom stereocenters. The Labute approximate surface area is 332 Å². The van der Waals surface area contributed by atoms with E-state index < -0.39 is 17.4 Å². The molecule has 306 valence electrons. The van der Waals surface area contributed by atoms with Crippen molar-refractivity contribution in [3.63, 3.8) is 0 Å². The molecule has 55 heavy (non-hydrogen) atoms. The minimum Gasteiger partial charge on any atom is -0.481 e. The summed E-state index contributed by atoms with van der Waals surface area (Å²) in [6, 6.07) is 4.26. The fraction of sp³-hybridized carbons (Fsp3) is 0.787. The molecular formula is C47H73N3O5. The number of aromatic nitrogens is 1. The van der Waals surface area contributed by atoms with Gasteiger partial charge in [-0.25, -0.2) is 0 Å². The van der Waals surface area contributed by atoms with E-state index in [9.17, 15) is 19.5 Å². The lowest BCUT2D eigenvalue weighted by Gasteiger charge is -2.72. The maximum Gasteiger partial charge on any atom is 0.309 e. The highest BCUT2D eigenvalue weighted by molar-refractivity contribution is 6.00. The molecule has 6 rings (SSSR count). The van der Waals surface area contributed by atoms with Gasteiger partial charge in [-0.3, -0.25) is 24.3 Å². The molecule has 1 aromatic rings. The summed E-state index contributed by atoms with van der Waals surface area (Å²) in [5.41, 5.74) is 2.95. The Kier molecular flexibility index (Phi) is 11.4. The number of carboxylic acid groups (broad SMARTS) is 1. The molecule has 0 radical (unpaired) electrons. The van der Waals surface area contributed by atoms with Crippen LogP contribution in [0.4, 0.5) is 0 Å². The number of allylic oxidation sites excluding steroid dienone is 2. The molecule has 8 heteroatoms. The monoisotopic (exact) mass is 760 g/mol. The first-order chi connectivity index (χ1) is 25.6. The third-order valence-corrected chi connectivity index (χ3v) is 16.9. The van der Waals surface area contributed by atoms with Crippen LogP contribution in [0.3, 0.4) is 0 Å². The lowest BCUT2D eigenvalue weighted by Crippen LogP contribution is -2.65. The van der Waals surface area contributed by atoms with Crippen molar-refractivity contribution in [1.82, 2.24) is 14.8 Å². The van der Waals surface area contributed by atoms with Gasteiger partial charge in [0.25, 0.3) is 0 Å². The zero-order valence-corrected chi connectivity index (χ0v) is 36.2. The lowest BCUT2D eigenvalue weighted by molar-refractivity contribution is -0.233.